The summed E-state index contributed by atoms with van der Waals surface area (Å²) in [6.07, 6.45) is 5.86. The van der Waals surface area contributed by atoms with Gasteiger partial charge in [0.2, 0.25) is 10.0 Å². The van der Waals surface area contributed by atoms with Crippen molar-refractivity contribution in [3.63, 3.8) is 0 Å². The Balaban J connectivity index is 1.68. The molecule has 6 nitrogen and oxygen atoms in total. The molecule has 1 aromatic rings. The van der Waals surface area contributed by atoms with E-state index in [1.54, 1.807) is 24.3 Å². The van der Waals surface area contributed by atoms with E-state index in [2.05, 4.69) is 16.6 Å². The van der Waals surface area contributed by atoms with E-state index >= 15 is 0 Å². The van der Waals surface area contributed by atoms with Crippen molar-refractivity contribution in [1.82, 2.24) is 4.72 Å². The lowest BCUT2D eigenvalue weighted by Gasteiger charge is -2.26. The molecule has 0 aliphatic heterocycles. The van der Waals surface area contributed by atoms with Crippen LogP contribution in [-0.2, 0) is 16.4 Å². The van der Waals surface area contributed by atoms with Crippen molar-refractivity contribution in [2.45, 2.75) is 57.0 Å². The van der Waals surface area contributed by atoms with Gasteiger partial charge in [0.1, 0.15) is 5.60 Å². The summed E-state index contributed by atoms with van der Waals surface area (Å²) in [5.74, 6) is 4.61. The molecular formula is C20H27NO5S. The second-order valence-corrected chi connectivity index (χ2v) is 8.89. The van der Waals surface area contributed by atoms with Crippen molar-refractivity contribution in [2.24, 2.45) is 0 Å². The van der Waals surface area contributed by atoms with Crippen LogP contribution in [0.2, 0.25) is 0 Å². The molecule has 0 bridgehead atoms. The first-order valence-corrected chi connectivity index (χ1v) is 11.0. The minimum atomic E-state index is -3.39. The highest BCUT2D eigenvalue weighted by Gasteiger charge is 2.26. The van der Waals surface area contributed by atoms with Crippen LogP contribution in [-0.4, -0.2) is 42.5 Å². The first-order valence-electron chi connectivity index (χ1n) is 9.32. The quantitative estimate of drug-likeness (QED) is 0.464. The van der Waals surface area contributed by atoms with Gasteiger partial charge >= 0.3 is 5.97 Å². The first-order chi connectivity index (χ1) is 12.8. The molecule has 0 heterocycles. The fourth-order valence-corrected chi connectivity index (χ4v) is 4.05. The molecule has 0 saturated heterocycles. The lowest BCUT2D eigenvalue weighted by atomic mass is 9.85. The lowest BCUT2D eigenvalue weighted by molar-refractivity contribution is 0.0609. The highest BCUT2D eigenvalue weighted by atomic mass is 32.2. The average Bonchev–Trinajstić information content (AvgIpc) is 2.63. The number of aryl methyl sites for hydroxylation is 1. The molecule has 0 spiro atoms. The predicted octanol–water partition coefficient (Wildman–Crippen LogP) is 2.33. The fourth-order valence-electron chi connectivity index (χ4n) is 3.08. The summed E-state index contributed by atoms with van der Waals surface area (Å²) in [5.41, 5.74) is 0.260. The SMILES string of the molecule is O=C(O)c1ccc(CCCNS(=O)(=O)CCC#CC2(O)CCCCC2)cc1. The highest BCUT2D eigenvalue weighted by Crippen LogP contribution is 2.27. The Labute approximate surface area is 161 Å². The Morgan fingerprint density at radius 2 is 1.81 bits per heavy atom. The number of rotatable bonds is 8. The zero-order chi connectivity index (χ0) is 19.8. The van der Waals surface area contributed by atoms with E-state index in [9.17, 15) is 18.3 Å². The van der Waals surface area contributed by atoms with Crippen LogP contribution in [0.4, 0.5) is 0 Å². The topological polar surface area (TPSA) is 104 Å². The van der Waals surface area contributed by atoms with Gasteiger partial charge in [-0.25, -0.2) is 17.9 Å². The largest absolute Gasteiger partial charge is 0.478 e. The molecule has 2 rings (SSSR count). The molecule has 0 aromatic heterocycles. The third kappa shape index (κ3) is 7.71. The molecule has 3 N–H and O–H groups in total. The number of aliphatic hydroxyl groups is 1. The van der Waals surface area contributed by atoms with E-state index in [1.165, 1.54) is 0 Å². The summed E-state index contributed by atoms with van der Waals surface area (Å²) in [5, 5.41) is 19.1. The zero-order valence-corrected chi connectivity index (χ0v) is 16.2. The normalized spacial score (nSPS) is 16.3. The number of carboxylic acid groups (broad SMARTS) is 1. The van der Waals surface area contributed by atoms with Crippen LogP contribution in [0.15, 0.2) is 24.3 Å². The van der Waals surface area contributed by atoms with Crippen molar-refractivity contribution in [3.05, 3.63) is 35.4 Å². The molecule has 0 atom stereocenters. The fraction of sp³-hybridized carbons (Fsp3) is 0.550. The van der Waals surface area contributed by atoms with Gasteiger partial charge in [0.25, 0.3) is 0 Å². The number of aromatic carboxylic acids is 1. The maximum absolute atomic E-state index is 12.0. The summed E-state index contributed by atoms with van der Waals surface area (Å²) in [6, 6.07) is 6.56. The number of nitrogens with one attached hydrogen (secondary N) is 1. The van der Waals surface area contributed by atoms with Crippen molar-refractivity contribution < 1.29 is 23.4 Å². The minimum absolute atomic E-state index is 0.0800. The monoisotopic (exact) mass is 393 g/mol. The van der Waals surface area contributed by atoms with Crippen LogP contribution in [0, 0.1) is 11.8 Å². The lowest BCUT2D eigenvalue weighted by Crippen LogP contribution is -2.29. The number of benzene rings is 1. The molecule has 148 valence electrons. The third-order valence-corrected chi connectivity index (χ3v) is 6.05. The van der Waals surface area contributed by atoms with Crippen molar-refractivity contribution >= 4 is 16.0 Å². The Hall–Kier alpha value is -1.88. The molecule has 0 radical (unpaired) electrons. The van der Waals surface area contributed by atoms with Crippen molar-refractivity contribution in [1.29, 1.82) is 0 Å². The summed E-state index contributed by atoms with van der Waals surface area (Å²) >= 11 is 0. The Morgan fingerprint density at radius 1 is 1.15 bits per heavy atom. The third-order valence-electron chi connectivity index (χ3n) is 4.66. The van der Waals surface area contributed by atoms with Gasteiger partial charge < -0.3 is 10.2 Å². The summed E-state index contributed by atoms with van der Waals surface area (Å²) < 4.78 is 26.5. The molecule has 0 unspecified atom stereocenters. The number of carbonyl (C=O) groups is 1. The van der Waals surface area contributed by atoms with E-state index in [1.807, 2.05) is 0 Å². The second-order valence-electron chi connectivity index (χ2n) is 6.96. The van der Waals surface area contributed by atoms with Gasteiger partial charge in [0, 0.05) is 13.0 Å². The Kier molecular flexibility index (Phi) is 7.84. The molecule has 1 aliphatic carbocycles. The molecule has 7 heteroatoms. The van der Waals surface area contributed by atoms with Gasteiger partial charge in [-0.2, -0.15) is 0 Å². The van der Waals surface area contributed by atoms with Crippen LogP contribution < -0.4 is 4.72 Å². The zero-order valence-electron chi connectivity index (χ0n) is 15.4. The smallest absolute Gasteiger partial charge is 0.335 e. The minimum Gasteiger partial charge on any atom is -0.478 e. The van der Waals surface area contributed by atoms with E-state index in [0.717, 1.165) is 24.8 Å². The maximum Gasteiger partial charge on any atom is 0.335 e. The Bertz CT molecular complexity index is 784. The maximum atomic E-state index is 12.0. The van der Waals surface area contributed by atoms with Crippen molar-refractivity contribution in [3.8, 4) is 11.8 Å². The molecule has 27 heavy (non-hydrogen) atoms. The summed E-state index contributed by atoms with van der Waals surface area (Å²) in [4.78, 5) is 10.8. The number of hydrogen-bond acceptors (Lipinski definition) is 4. The molecule has 1 fully saturated rings. The molecular weight excluding hydrogens is 366 g/mol. The van der Waals surface area contributed by atoms with Crippen LogP contribution >= 0.6 is 0 Å². The number of hydrogen-bond donors (Lipinski definition) is 3. The molecule has 1 aromatic carbocycles. The highest BCUT2D eigenvalue weighted by molar-refractivity contribution is 7.89. The summed E-state index contributed by atoms with van der Waals surface area (Å²) in [6.45, 7) is 0.320. The van der Waals surface area contributed by atoms with E-state index in [4.69, 9.17) is 5.11 Å². The number of carboxylic acids is 1. The van der Waals surface area contributed by atoms with Gasteiger partial charge in [-0.3, -0.25) is 0 Å². The second kappa shape index (κ2) is 9.88. The molecule has 1 saturated carbocycles. The first kappa shape index (κ1) is 21.4. The van der Waals surface area contributed by atoms with Crippen molar-refractivity contribution in [2.75, 3.05) is 12.3 Å². The van der Waals surface area contributed by atoms with E-state index in [-0.39, 0.29) is 17.7 Å². The van der Waals surface area contributed by atoms with E-state index < -0.39 is 21.6 Å². The van der Waals surface area contributed by atoms with Gasteiger partial charge in [0.05, 0.1) is 11.3 Å². The van der Waals surface area contributed by atoms with Crippen LogP contribution in [0.1, 0.15) is 60.9 Å². The van der Waals surface area contributed by atoms with E-state index in [0.29, 0.717) is 32.2 Å². The van der Waals surface area contributed by atoms with Crippen LogP contribution in [0.5, 0.6) is 0 Å². The standard InChI is InChI=1S/C20H27NO5S/c22-19(23)18-10-8-17(9-11-18)7-6-15-21-27(25,26)16-5-4-14-20(24)12-2-1-3-13-20/h8-11,21,24H,1-3,5-7,12-13,15-16H2,(H,22,23). The van der Waals surface area contributed by atoms with Gasteiger partial charge in [-0.05, 0) is 56.2 Å². The van der Waals surface area contributed by atoms with Crippen LogP contribution in [0.3, 0.4) is 0 Å². The number of sulfonamides is 1. The van der Waals surface area contributed by atoms with Gasteiger partial charge in [-0.1, -0.05) is 30.4 Å². The molecule has 1 aliphatic rings. The summed E-state index contributed by atoms with van der Waals surface area (Å²) in [7, 11) is -3.39. The average molecular weight is 394 g/mol. The molecule has 0 amide bonds. The van der Waals surface area contributed by atoms with Crippen LogP contribution in [0.25, 0.3) is 0 Å². The van der Waals surface area contributed by atoms with Gasteiger partial charge in [-0.15, -0.1) is 0 Å². The van der Waals surface area contributed by atoms with Gasteiger partial charge in [0.15, 0.2) is 0 Å². The Morgan fingerprint density at radius 3 is 2.44 bits per heavy atom. The predicted molar refractivity (Wildman–Crippen MR) is 104 cm³/mol.